The van der Waals surface area contributed by atoms with Crippen LogP contribution in [0.15, 0.2) is 54.6 Å². The lowest BCUT2D eigenvalue weighted by Gasteiger charge is -2.09. The average Bonchev–Trinajstić information content (AvgIpc) is 3.16. The van der Waals surface area contributed by atoms with Gasteiger partial charge in [-0.25, -0.2) is 4.79 Å². The van der Waals surface area contributed by atoms with E-state index in [0.29, 0.717) is 18.0 Å². The van der Waals surface area contributed by atoms with Gasteiger partial charge in [-0.2, -0.15) is 4.90 Å². The van der Waals surface area contributed by atoms with Crippen molar-refractivity contribution < 1.29 is 19.3 Å². The fourth-order valence-corrected chi connectivity index (χ4v) is 2.78. The highest BCUT2D eigenvalue weighted by Gasteiger charge is 2.31. The van der Waals surface area contributed by atoms with Crippen molar-refractivity contribution in [2.75, 3.05) is 27.3 Å². The maximum Gasteiger partial charge on any atom is 0.334 e. The molecule has 1 aliphatic heterocycles. The van der Waals surface area contributed by atoms with Gasteiger partial charge >= 0.3 is 5.91 Å². The Morgan fingerprint density at radius 3 is 2.56 bits per heavy atom. The van der Waals surface area contributed by atoms with E-state index in [4.69, 9.17) is 9.47 Å². The Morgan fingerprint density at radius 2 is 1.84 bits per heavy atom. The number of nitrogens with zero attached hydrogens (tertiary/aromatic N) is 1. The number of amides is 1. The first-order valence-corrected chi connectivity index (χ1v) is 8.11. The third-order valence-electron chi connectivity index (χ3n) is 4.04. The summed E-state index contributed by atoms with van der Waals surface area (Å²) < 4.78 is 10.5. The highest BCUT2D eigenvalue weighted by atomic mass is 16.5. The summed E-state index contributed by atoms with van der Waals surface area (Å²) in [6, 6.07) is 15.4. The van der Waals surface area contributed by atoms with Gasteiger partial charge in [0.05, 0.1) is 19.8 Å². The number of rotatable bonds is 5. The molecule has 3 rings (SSSR count). The van der Waals surface area contributed by atoms with Crippen LogP contribution < -0.4 is 14.5 Å². The SMILES string of the molecule is COc1ccc(/C=C/C(=O)N2CC[NH+]=C2c2ccccc2)cc1OC. The second kappa shape index (κ2) is 7.66. The highest BCUT2D eigenvalue weighted by molar-refractivity contribution is 6.09. The Balaban J connectivity index is 1.76. The fourth-order valence-electron chi connectivity index (χ4n) is 2.78. The molecule has 0 radical (unpaired) electrons. The molecule has 0 aromatic heterocycles. The summed E-state index contributed by atoms with van der Waals surface area (Å²) >= 11 is 0. The van der Waals surface area contributed by atoms with Crippen LogP contribution in [0, 0.1) is 0 Å². The van der Waals surface area contributed by atoms with Gasteiger partial charge in [0.2, 0.25) is 0 Å². The Kier molecular flexibility index (Phi) is 5.14. The second-order valence-electron chi connectivity index (χ2n) is 5.58. The van der Waals surface area contributed by atoms with Crippen LogP contribution in [-0.4, -0.2) is 44.0 Å². The summed E-state index contributed by atoms with van der Waals surface area (Å²) in [5.41, 5.74) is 1.88. The summed E-state index contributed by atoms with van der Waals surface area (Å²) in [4.78, 5) is 17.6. The lowest BCUT2D eigenvalue weighted by atomic mass is 10.1. The first-order chi connectivity index (χ1) is 12.2. The third kappa shape index (κ3) is 3.71. The topological polar surface area (TPSA) is 52.7 Å². The van der Waals surface area contributed by atoms with Gasteiger partial charge in [-0.15, -0.1) is 0 Å². The van der Waals surface area contributed by atoms with Gasteiger partial charge in [-0.3, -0.25) is 4.99 Å². The predicted octanol–water partition coefficient (Wildman–Crippen LogP) is 1.09. The van der Waals surface area contributed by atoms with Gasteiger partial charge in [0.1, 0.15) is 13.1 Å². The van der Waals surface area contributed by atoms with Crippen molar-refractivity contribution in [3.63, 3.8) is 0 Å². The molecule has 25 heavy (non-hydrogen) atoms. The van der Waals surface area contributed by atoms with Crippen molar-refractivity contribution in [2.45, 2.75) is 0 Å². The maximum absolute atomic E-state index is 12.6. The van der Waals surface area contributed by atoms with Crippen LogP contribution in [0.4, 0.5) is 0 Å². The smallest absolute Gasteiger partial charge is 0.334 e. The van der Waals surface area contributed by atoms with E-state index in [1.165, 1.54) is 0 Å². The van der Waals surface area contributed by atoms with Crippen molar-refractivity contribution in [3.8, 4) is 11.5 Å². The molecule has 0 unspecified atom stereocenters. The number of carbonyl (C=O) groups is 1. The van der Waals surface area contributed by atoms with E-state index in [2.05, 4.69) is 4.99 Å². The van der Waals surface area contributed by atoms with E-state index < -0.39 is 0 Å². The second-order valence-corrected chi connectivity index (χ2v) is 5.58. The number of hydrogen-bond acceptors (Lipinski definition) is 3. The summed E-state index contributed by atoms with van der Waals surface area (Å²) in [5.74, 6) is 2.09. The molecule has 5 heteroatoms. The minimum absolute atomic E-state index is 0.0568. The summed E-state index contributed by atoms with van der Waals surface area (Å²) in [7, 11) is 3.19. The number of amidine groups is 1. The fraction of sp³-hybridized carbons (Fsp3) is 0.200. The molecule has 128 valence electrons. The molecular weight excluding hydrogens is 316 g/mol. The molecule has 1 heterocycles. The molecule has 1 aliphatic rings. The van der Waals surface area contributed by atoms with E-state index in [1.807, 2.05) is 48.5 Å². The summed E-state index contributed by atoms with van der Waals surface area (Å²) in [6.45, 7) is 1.40. The Labute approximate surface area is 147 Å². The predicted molar refractivity (Wildman–Crippen MR) is 96.7 cm³/mol. The monoisotopic (exact) mass is 337 g/mol. The molecule has 1 amide bonds. The molecule has 0 saturated heterocycles. The van der Waals surface area contributed by atoms with Gasteiger partial charge in [0.15, 0.2) is 11.5 Å². The number of carbonyl (C=O) groups excluding carboxylic acids is 1. The number of hydrogen-bond donors (Lipinski definition) is 1. The largest absolute Gasteiger partial charge is 0.493 e. The normalized spacial score (nSPS) is 13.8. The number of nitrogens with one attached hydrogen (secondary N) is 1. The zero-order valence-corrected chi connectivity index (χ0v) is 14.4. The molecule has 1 N–H and O–H groups in total. The van der Waals surface area contributed by atoms with Crippen molar-refractivity contribution in [2.24, 2.45) is 0 Å². The van der Waals surface area contributed by atoms with E-state index in [1.54, 1.807) is 31.3 Å². The molecule has 0 aliphatic carbocycles. The number of ether oxygens (including phenoxy) is 2. The molecule has 0 saturated carbocycles. The van der Waals surface area contributed by atoms with Gasteiger partial charge in [-0.05, 0) is 35.9 Å². The zero-order valence-electron chi connectivity index (χ0n) is 14.4. The number of methoxy groups -OCH3 is 2. The third-order valence-corrected chi connectivity index (χ3v) is 4.04. The zero-order chi connectivity index (χ0) is 17.6. The lowest BCUT2D eigenvalue weighted by molar-refractivity contribution is -0.444. The molecule has 0 bridgehead atoms. The van der Waals surface area contributed by atoms with Gasteiger partial charge in [0, 0.05) is 6.08 Å². The standard InChI is InChI=1S/C20H20N2O3/c1-24-17-10-8-15(14-18(17)25-2)9-11-19(23)22-13-12-21-20(22)16-6-4-3-5-7-16/h3-11,14H,12-13H2,1-2H3/p+1/b11-9+. The van der Waals surface area contributed by atoms with Crippen LogP contribution in [-0.2, 0) is 4.79 Å². The first kappa shape index (κ1) is 16.8. The molecular formula is C20H21N2O3+. The molecule has 2 aromatic rings. The Morgan fingerprint density at radius 1 is 1.08 bits per heavy atom. The minimum Gasteiger partial charge on any atom is -0.493 e. The molecule has 5 nitrogen and oxygen atoms in total. The molecule has 0 spiro atoms. The Hall–Kier alpha value is -3.08. The van der Waals surface area contributed by atoms with Crippen molar-refractivity contribution in [3.05, 3.63) is 65.7 Å². The summed E-state index contributed by atoms with van der Waals surface area (Å²) in [5, 5.41) is 0. The van der Waals surface area contributed by atoms with Crippen LogP contribution in [0.3, 0.4) is 0 Å². The van der Waals surface area contributed by atoms with Crippen molar-refractivity contribution in [1.82, 2.24) is 4.90 Å². The first-order valence-electron chi connectivity index (χ1n) is 8.11. The minimum atomic E-state index is -0.0568. The van der Waals surface area contributed by atoms with Crippen LogP contribution in [0.25, 0.3) is 6.08 Å². The van der Waals surface area contributed by atoms with Crippen molar-refractivity contribution in [1.29, 1.82) is 0 Å². The van der Waals surface area contributed by atoms with E-state index in [9.17, 15) is 4.79 Å². The van der Waals surface area contributed by atoms with Crippen LogP contribution in [0.2, 0.25) is 0 Å². The van der Waals surface area contributed by atoms with Gasteiger partial charge in [-0.1, -0.05) is 24.3 Å². The van der Waals surface area contributed by atoms with Gasteiger partial charge in [0.25, 0.3) is 5.84 Å². The van der Waals surface area contributed by atoms with Crippen LogP contribution >= 0.6 is 0 Å². The van der Waals surface area contributed by atoms with Gasteiger partial charge < -0.3 is 9.47 Å². The average molecular weight is 337 g/mol. The van der Waals surface area contributed by atoms with E-state index in [-0.39, 0.29) is 5.91 Å². The number of benzene rings is 2. The molecule has 0 fully saturated rings. The van der Waals surface area contributed by atoms with Crippen LogP contribution in [0.5, 0.6) is 11.5 Å². The van der Waals surface area contributed by atoms with Crippen LogP contribution in [0.1, 0.15) is 11.1 Å². The Bertz CT molecular complexity index is 813. The highest BCUT2D eigenvalue weighted by Crippen LogP contribution is 2.28. The van der Waals surface area contributed by atoms with E-state index >= 15 is 0 Å². The summed E-state index contributed by atoms with van der Waals surface area (Å²) in [6.07, 6.45) is 3.36. The lowest BCUT2D eigenvalue weighted by Crippen LogP contribution is -2.71. The molecule has 0 atom stereocenters. The maximum atomic E-state index is 12.6. The quantitative estimate of drug-likeness (QED) is 0.831. The molecule has 2 aromatic carbocycles. The van der Waals surface area contributed by atoms with Crippen molar-refractivity contribution >= 4 is 17.8 Å². The van der Waals surface area contributed by atoms with E-state index in [0.717, 1.165) is 23.5 Å².